The molecule has 114 valence electrons. The summed E-state index contributed by atoms with van der Waals surface area (Å²) < 4.78 is 6.19. The Morgan fingerprint density at radius 3 is 3.14 bits per heavy atom. The number of halogens is 1. The first-order chi connectivity index (χ1) is 10.2. The zero-order valence-electron chi connectivity index (χ0n) is 12.2. The smallest absolute Gasteiger partial charge is 0.241 e. The monoisotopic (exact) mass is 352 g/mol. The normalized spacial score (nSPS) is 27.6. The van der Waals surface area contributed by atoms with Crippen LogP contribution in [0.1, 0.15) is 24.8 Å². The molecule has 1 amide bonds. The van der Waals surface area contributed by atoms with Crippen LogP contribution in [0.3, 0.4) is 0 Å². The average molecular weight is 353 g/mol. The Morgan fingerprint density at radius 2 is 2.33 bits per heavy atom. The first-order valence-electron chi connectivity index (χ1n) is 7.51. The summed E-state index contributed by atoms with van der Waals surface area (Å²) in [6, 6.07) is 5.77. The highest BCUT2D eigenvalue weighted by atomic mass is 79.9. The van der Waals surface area contributed by atoms with Crippen molar-refractivity contribution in [1.82, 2.24) is 5.32 Å². The van der Waals surface area contributed by atoms with Crippen LogP contribution < -0.4 is 10.6 Å². The van der Waals surface area contributed by atoms with Gasteiger partial charge in [-0.15, -0.1) is 0 Å². The van der Waals surface area contributed by atoms with E-state index in [4.69, 9.17) is 4.74 Å². The van der Waals surface area contributed by atoms with E-state index in [1.165, 1.54) is 19.3 Å². The number of benzene rings is 1. The molecule has 2 N–H and O–H groups in total. The van der Waals surface area contributed by atoms with Gasteiger partial charge in [-0.2, -0.15) is 0 Å². The largest absolute Gasteiger partial charge is 0.380 e. The predicted molar refractivity (Wildman–Crippen MR) is 86.1 cm³/mol. The molecule has 3 atom stereocenters. The number of carbonyl (C=O) groups is 1. The highest BCUT2D eigenvalue weighted by molar-refractivity contribution is 9.10. The number of nitrogens with one attached hydrogen (secondary N) is 2. The Hall–Kier alpha value is -0.910. The maximum absolute atomic E-state index is 12.6. The minimum Gasteiger partial charge on any atom is -0.380 e. The van der Waals surface area contributed by atoms with Crippen molar-refractivity contribution < 1.29 is 9.53 Å². The molecule has 1 saturated carbocycles. The van der Waals surface area contributed by atoms with Gasteiger partial charge < -0.3 is 15.4 Å². The van der Waals surface area contributed by atoms with Crippen molar-refractivity contribution in [2.75, 3.05) is 19.0 Å². The molecule has 0 aromatic heterocycles. The molecular weight excluding hydrogens is 332 g/mol. The zero-order valence-corrected chi connectivity index (χ0v) is 13.8. The average Bonchev–Trinajstić information content (AvgIpc) is 3.05. The van der Waals surface area contributed by atoms with Gasteiger partial charge in [0.15, 0.2) is 0 Å². The lowest BCUT2D eigenvalue weighted by atomic mass is 9.93. The lowest BCUT2D eigenvalue weighted by molar-refractivity contribution is -0.118. The fourth-order valence-corrected chi connectivity index (χ4v) is 4.13. The standard InChI is InChI=1S/C16H21BrN2O2/c1-21-9-12-13(17)6-3-7-14(12)19-16(20)15-11-5-2-4-10(11)8-18-15/h3,6-7,10-11,15,18H,2,4-5,8-9H2,1H3,(H,19,20). The molecule has 1 saturated heterocycles. The van der Waals surface area contributed by atoms with E-state index in [2.05, 4.69) is 26.6 Å². The number of ether oxygens (including phenoxy) is 1. The van der Waals surface area contributed by atoms with Gasteiger partial charge in [0.05, 0.1) is 12.6 Å². The van der Waals surface area contributed by atoms with Crippen LogP contribution in [0.4, 0.5) is 5.69 Å². The maximum atomic E-state index is 12.6. The van der Waals surface area contributed by atoms with Gasteiger partial charge in [0.2, 0.25) is 5.91 Å². The van der Waals surface area contributed by atoms with E-state index in [1.807, 2.05) is 18.2 Å². The minimum atomic E-state index is -0.0492. The number of hydrogen-bond acceptors (Lipinski definition) is 3. The Kier molecular flexibility index (Phi) is 4.62. The molecule has 0 radical (unpaired) electrons. The lowest BCUT2D eigenvalue weighted by Gasteiger charge is -2.19. The van der Waals surface area contributed by atoms with Crippen LogP contribution in [0.2, 0.25) is 0 Å². The van der Waals surface area contributed by atoms with Gasteiger partial charge in [0.25, 0.3) is 0 Å². The molecule has 3 rings (SSSR count). The van der Waals surface area contributed by atoms with Crippen molar-refractivity contribution in [1.29, 1.82) is 0 Å². The molecule has 1 aromatic rings. The van der Waals surface area contributed by atoms with E-state index >= 15 is 0 Å². The fraction of sp³-hybridized carbons (Fsp3) is 0.562. The number of hydrogen-bond donors (Lipinski definition) is 2. The number of carbonyl (C=O) groups excluding carboxylic acids is 1. The van der Waals surface area contributed by atoms with Gasteiger partial charge in [-0.25, -0.2) is 0 Å². The first-order valence-corrected chi connectivity index (χ1v) is 8.30. The summed E-state index contributed by atoms with van der Waals surface area (Å²) in [5.74, 6) is 1.27. The van der Waals surface area contributed by atoms with Crippen molar-refractivity contribution >= 4 is 27.5 Å². The van der Waals surface area contributed by atoms with Gasteiger partial charge in [-0.1, -0.05) is 28.4 Å². The molecule has 2 fully saturated rings. The number of fused-ring (bicyclic) bond motifs is 1. The Balaban J connectivity index is 1.74. The molecule has 4 nitrogen and oxygen atoms in total. The number of anilines is 1. The van der Waals surface area contributed by atoms with Crippen LogP contribution in [-0.2, 0) is 16.1 Å². The van der Waals surface area contributed by atoms with E-state index < -0.39 is 0 Å². The molecule has 0 spiro atoms. The lowest BCUT2D eigenvalue weighted by Crippen LogP contribution is -2.40. The van der Waals surface area contributed by atoms with E-state index in [1.54, 1.807) is 7.11 Å². The topological polar surface area (TPSA) is 50.4 Å². The maximum Gasteiger partial charge on any atom is 0.241 e. The van der Waals surface area contributed by atoms with Crippen molar-refractivity contribution in [2.24, 2.45) is 11.8 Å². The molecule has 1 heterocycles. The molecular formula is C16H21BrN2O2. The molecule has 3 unspecified atom stereocenters. The molecule has 1 aliphatic carbocycles. The fourth-order valence-electron chi connectivity index (χ4n) is 3.65. The molecule has 1 aromatic carbocycles. The predicted octanol–water partition coefficient (Wildman–Crippen LogP) is 2.92. The van der Waals surface area contributed by atoms with Crippen LogP contribution in [0, 0.1) is 11.8 Å². The quantitative estimate of drug-likeness (QED) is 0.875. The Morgan fingerprint density at radius 1 is 1.48 bits per heavy atom. The third kappa shape index (κ3) is 3.00. The van der Waals surface area contributed by atoms with Crippen molar-refractivity contribution in [3.05, 3.63) is 28.2 Å². The van der Waals surface area contributed by atoms with Crippen LogP contribution in [-0.4, -0.2) is 25.6 Å². The van der Waals surface area contributed by atoms with Crippen LogP contribution in [0.15, 0.2) is 22.7 Å². The van der Waals surface area contributed by atoms with Gasteiger partial charge in [0, 0.05) is 22.8 Å². The summed E-state index contributed by atoms with van der Waals surface area (Å²) in [7, 11) is 1.66. The molecule has 2 aliphatic rings. The van der Waals surface area contributed by atoms with E-state index in [0.717, 1.165) is 22.3 Å². The Bertz CT molecular complexity index is 535. The second kappa shape index (κ2) is 6.46. The highest BCUT2D eigenvalue weighted by Gasteiger charge is 2.42. The van der Waals surface area contributed by atoms with Gasteiger partial charge in [0.1, 0.15) is 0 Å². The first kappa shape index (κ1) is 15.0. The summed E-state index contributed by atoms with van der Waals surface area (Å²) in [6.07, 6.45) is 3.68. The summed E-state index contributed by atoms with van der Waals surface area (Å²) in [4.78, 5) is 12.6. The van der Waals surface area contributed by atoms with Crippen LogP contribution in [0.25, 0.3) is 0 Å². The number of methoxy groups -OCH3 is 1. The zero-order chi connectivity index (χ0) is 14.8. The van der Waals surface area contributed by atoms with E-state index in [0.29, 0.717) is 18.4 Å². The minimum absolute atomic E-state index is 0.0492. The number of rotatable bonds is 4. The van der Waals surface area contributed by atoms with Crippen LogP contribution >= 0.6 is 15.9 Å². The van der Waals surface area contributed by atoms with E-state index in [9.17, 15) is 4.79 Å². The SMILES string of the molecule is COCc1c(Br)cccc1NC(=O)C1NCC2CCCC21. The second-order valence-corrected chi connectivity index (χ2v) is 6.78. The molecule has 21 heavy (non-hydrogen) atoms. The number of amides is 1. The van der Waals surface area contributed by atoms with Crippen molar-refractivity contribution in [3.63, 3.8) is 0 Å². The summed E-state index contributed by atoms with van der Waals surface area (Å²) in [6.45, 7) is 1.45. The van der Waals surface area contributed by atoms with Crippen molar-refractivity contribution in [2.45, 2.75) is 31.9 Å². The van der Waals surface area contributed by atoms with Crippen LogP contribution in [0.5, 0.6) is 0 Å². The van der Waals surface area contributed by atoms with Crippen molar-refractivity contribution in [3.8, 4) is 0 Å². The van der Waals surface area contributed by atoms with E-state index in [-0.39, 0.29) is 11.9 Å². The van der Waals surface area contributed by atoms with Gasteiger partial charge in [-0.05, 0) is 43.4 Å². The third-order valence-corrected chi connectivity index (χ3v) is 5.44. The summed E-state index contributed by atoms with van der Waals surface area (Å²) >= 11 is 3.52. The van der Waals surface area contributed by atoms with Gasteiger partial charge in [-0.3, -0.25) is 4.79 Å². The summed E-state index contributed by atoms with van der Waals surface area (Å²) in [5.41, 5.74) is 1.81. The molecule has 5 heteroatoms. The molecule has 0 bridgehead atoms. The Labute approximate surface area is 133 Å². The molecule has 1 aliphatic heterocycles. The second-order valence-electron chi connectivity index (χ2n) is 5.93. The summed E-state index contributed by atoms with van der Waals surface area (Å²) in [5, 5.41) is 6.47. The third-order valence-electron chi connectivity index (χ3n) is 4.69. The highest BCUT2D eigenvalue weighted by Crippen LogP contribution is 2.38. The van der Waals surface area contributed by atoms with Gasteiger partial charge >= 0.3 is 0 Å².